The summed E-state index contributed by atoms with van der Waals surface area (Å²) in [5.74, 6) is -0.438. The summed E-state index contributed by atoms with van der Waals surface area (Å²) in [6.45, 7) is 5.85. The number of hydrogen-bond donors (Lipinski definition) is 1. The highest BCUT2D eigenvalue weighted by Crippen LogP contribution is 1.96. The summed E-state index contributed by atoms with van der Waals surface area (Å²) in [6, 6.07) is 3.41. The maximum Gasteiger partial charge on any atom is 0.250 e. The van der Waals surface area contributed by atoms with Crippen molar-refractivity contribution in [3.05, 3.63) is 29.6 Å². The molecule has 0 unspecified atom stereocenters. The Balaban J connectivity index is 0.000000561. The van der Waals surface area contributed by atoms with Crippen LogP contribution in [0.2, 0.25) is 0 Å². The lowest BCUT2D eigenvalue weighted by Gasteiger charge is -1.93. The van der Waals surface area contributed by atoms with Crippen molar-refractivity contribution in [1.29, 1.82) is 0 Å². The van der Waals surface area contributed by atoms with Crippen LogP contribution in [0.1, 0.15) is 29.9 Å². The van der Waals surface area contributed by atoms with Gasteiger partial charge in [-0.3, -0.25) is 9.78 Å². The topological polar surface area (TPSA) is 56.0 Å². The fraction of sp³-hybridized carbons (Fsp3) is 0.333. The average Bonchev–Trinajstić information content (AvgIpc) is 2.09. The fourth-order valence-corrected chi connectivity index (χ4v) is 0.614. The van der Waals surface area contributed by atoms with Gasteiger partial charge in [-0.1, -0.05) is 13.8 Å². The number of amides is 1. The predicted molar refractivity (Wildman–Crippen MR) is 48.8 cm³/mol. The van der Waals surface area contributed by atoms with Gasteiger partial charge in [0.05, 0.1) is 5.56 Å². The first-order valence-electron chi connectivity index (χ1n) is 3.92. The molecule has 0 aliphatic heterocycles. The highest BCUT2D eigenvalue weighted by atomic mass is 16.1. The van der Waals surface area contributed by atoms with Gasteiger partial charge >= 0.3 is 0 Å². The number of nitrogens with zero attached hydrogens (tertiary/aromatic N) is 1. The third-order valence-electron chi connectivity index (χ3n) is 1.20. The maximum absolute atomic E-state index is 10.5. The molecular weight excluding hydrogens is 152 g/mol. The van der Waals surface area contributed by atoms with Crippen LogP contribution in [0.4, 0.5) is 0 Å². The van der Waals surface area contributed by atoms with Gasteiger partial charge in [0.1, 0.15) is 0 Å². The minimum absolute atomic E-state index is 0.438. The molecule has 0 atom stereocenters. The molecule has 1 rings (SSSR count). The molecule has 1 aromatic heterocycles. The standard InChI is InChI=1S/C7H8N2O.C2H6/c1-5-2-3-6(4-9-5)7(8)10;1-2/h2-4H,1H3,(H2,8,10);1-2H3. The van der Waals surface area contributed by atoms with Gasteiger partial charge in [0.25, 0.3) is 0 Å². The molecule has 0 aliphatic carbocycles. The molecule has 0 spiro atoms. The molecule has 0 bridgehead atoms. The number of hydrogen-bond acceptors (Lipinski definition) is 2. The number of nitrogens with two attached hydrogens (primary N) is 1. The van der Waals surface area contributed by atoms with E-state index >= 15 is 0 Å². The van der Waals surface area contributed by atoms with E-state index in [1.165, 1.54) is 6.20 Å². The van der Waals surface area contributed by atoms with Crippen LogP contribution in [0.25, 0.3) is 0 Å². The zero-order valence-electron chi connectivity index (χ0n) is 7.66. The number of carbonyl (C=O) groups excluding carboxylic acids is 1. The molecule has 2 N–H and O–H groups in total. The largest absolute Gasteiger partial charge is 0.366 e. The summed E-state index contributed by atoms with van der Waals surface area (Å²) in [6.07, 6.45) is 1.47. The van der Waals surface area contributed by atoms with Crippen LogP contribution in [0.15, 0.2) is 18.3 Å². The first-order chi connectivity index (χ1) is 5.70. The summed E-state index contributed by atoms with van der Waals surface area (Å²) in [5, 5.41) is 0. The van der Waals surface area contributed by atoms with Crippen molar-refractivity contribution in [3.63, 3.8) is 0 Å². The monoisotopic (exact) mass is 166 g/mol. The number of rotatable bonds is 1. The van der Waals surface area contributed by atoms with Crippen molar-refractivity contribution in [3.8, 4) is 0 Å². The van der Waals surface area contributed by atoms with E-state index in [-0.39, 0.29) is 0 Å². The second-order valence-electron chi connectivity index (χ2n) is 2.05. The molecule has 0 fully saturated rings. The van der Waals surface area contributed by atoms with Gasteiger partial charge in [0, 0.05) is 11.9 Å². The lowest BCUT2D eigenvalue weighted by atomic mass is 10.2. The SMILES string of the molecule is CC.Cc1ccc(C(N)=O)cn1. The Labute approximate surface area is 72.6 Å². The Morgan fingerprint density at radius 2 is 2.00 bits per heavy atom. The molecule has 12 heavy (non-hydrogen) atoms. The summed E-state index contributed by atoms with van der Waals surface area (Å²) < 4.78 is 0. The van der Waals surface area contributed by atoms with E-state index in [1.807, 2.05) is 20.8 Å². The number of aromatic nitrogens is 1. The number of aryl methyl sites for hydroxylation is 1. The maximum atomic E-state index is 10.5. The highest BCUT2D eigenvalue weighted by Gasteiger charge is 1.97. The molecule has 66 valence electrons. The van der Waals surface area contributed by atoms with Crippen LogP contribution in [-0.2, 0) is 0 Å². The van der Waals surface area contributed by atoms with Gasteiger partial charge in [0.2, 0.25) is 5.91 Å². The summed E-state index contributed by atoms with van der Waals surface area (Å²) in [7, 11) is 0. The second-order valence-corrected chi connectivity index (χ2v) is 2.05. The van der Waals surface area contributed by atoms with Crippen molar-refractivity contribution in [1.82, 2.24) is 4.98 Å². The second kappa shape index (κ2) is 5.29. The molecular formula is C9H14N2O. The third-order valence-corrected chi connectivity index (χ3v) is 1.20. The predicted octanol–water partition coefficient (Wildman–Crippen LogP) is 1.52. The molecule has 1 aromatic rings. The first-order valence-corrected chi connectivity index (χ1v) is 3.92. The van der Waals surface area contributed by atoms with Crippen molar-refractivity contribution in [2.24, 2.45) is 5.73 Å². The third kappa shape index (κ3) is 3.14. The smallest absolute Gasteiger partial charge is 0.250 e. The van der Waals surface area contributed by atoms with Crippen molar-refractivity contribution >= 4 is 5.91 Å². The normalized spacial score (nSPS) is 8.25. The molecule has 0 saturated carbocycles. The van der Waals surface area contributed by atoms with Crippen LogP contribution < -0.4 is 5.73 Å². The molecule has 0 radical (unpaired) electrons. The number of pyridine rings is 1. The average molecular weight is 166 g/mol. The molecule has 3 nitrogen and oxygen atoms in total. The van der Waals surface area contributed by atoms with Crippen molar-refractivity contribution in [2.75, 3.05) is 0 Å². The zero-order chi connectivity index (χ0) is 9.56. The Morgan fingerprint density at radius 3 is 2.33 bits per heavy atom. The van der Waals surface area contributed by atoms with Gasteiger partial charge < -0.3 is 5.73 Å². The van der Waals surface area contributed by atoms with Crippen LogP contribution in [0.3, 0.4) is 0 Å². The number of primary amides is 1. The van der Waals surface area contributed by atoms with Gasteiger partial charge in [-0.15, -0.1) is 0 Å². The molecule has 0 aromatic carbocycles. The quantitative estimate of drug-likeness (QED) is 0.687. The lowest BCUT2D eigenvalue weighted by Crippen LogP contribution is -2.10. The van der Waals surface area contributed by atoms with E-state index in [0.29, 0.717) is 5.56 Å². The van der Waals surface area contributed by atoms with E-state index in [0.717, 1.165) is 5.69 Å². The first kappa shape index (κ1) is 10.6. The molecule has 1 amide bonds. The minimum Gasteiger partial charge on any atom is -0.366 e. The van der Waals surface area contributed by atoms with E-state index in [2.05, 4.69) is 4.98 Å². The summed E-state index contributed by atoms with van der Waals surface area (Å²) >= 11 is 0. The van der Waals surface area contributed by atoms with Gasteiger partial charge in [-0.05, 0) is 19.1 Å². The van der Waals surface area contributed by atoms with Crippen molar-refractivity contribution < 1.29 is 4.79 Å². The zero-order valence-corrected chi connectivity index (χ0v) is 7.66. The van der Waals surface area contributed by atoms with Gasteiger partial charge in [-0.2, -0.15) is 0 Å². The highest BCUT2D eigenvalue weighted by molar-refractivity contribution is 5.92. The van der Waals surface area contributed by atoms with E-state index in [9.17, 15) is 4.79 Å². The van der Waals surface area contributed by atoms with Crippen LogP contribution in [0, 0.1) is 6.92 Å². The minimum atomic E-state index is -0.438. The fourth-order valence-electron chi connectivity index (χ4n) is 0.614. The summed E-state index contributed by atoms with van der Waals surface area (Å²) in [5.41, 5.74) is 6.31. The molecule has 0 saturated heterocycles. The van der Waals surface area contributed by atoms with Crippen molar-refractivity contribution in [2.45, 2.75) is 20.8 Å². The molecule has 0 aliphatic rings. The lowest BCUT2D eigenvalue weighted by molar-refractivity contribution is 0.1000. The van der Waals surface area contributed by atoms with Crippen LogP contribution in [-0.4, -0.2) is 10.9 Å². The summed E-state index contributed by atoms with van der Waals surface area (Å²) in [4.78, 5) is 14.4. The Morgan fingerprint density at radius 1 is 1.42 bits per heavy atom. The van der Waals surface area contributed by atoms with Gasteiger partial charge in [-0.25, -0.2) is 0 Å². The Bertz CT molecular complexity index is 241. The van der Waals surface area contributed by atoms with Gasteiger partial charge in [0.15, 0.2) is 0 Å². The van der Waals surface area contributed by atoms with E-state index in [1.54, 1.807) is 12.1 Å². The van der Waals surface area contributed by atoms with Crippen LogP contribution >= 0.6 is 0 Å². The van der Waals surface area contributed by atoms with E-state index in [4.69, 9.17) is 5.73 Å². The van der Waals surface area contributed by atoms with Crippen LogP contribution in [0.5, 0.6) is 0 Å². The number of carbonyl (C=O) groups is 1. The Kier molecular flexibility index (Phi) is 4.69. The molecule has 3 heteroatoms. The Hall–Kier alpha value is -1.38. The van der Waals surface area contributed by atoms with E-state index < -0.39 is 5.91 Å². The molecule has 1 heterocycles.